The van der Waals surface area contributed by atoms with Crippen molar-refractivity contribution in [2.45, 2.75) is 6.92 Å². The van der Waals surface area contributed by atoms with E-state index in [0.29, 0.717) is 10.3 Å². The van der Waals surface area contributed by atoms with Crippen molar-refractivity contribution in [1.29, 1.82) is 0 Å². The van der Waals surface area contributed by atoms with E-state index < -0.39 is 0 Å². The highest BCUT2D eigenvalue weighted by Crippen LogP contribution is 2.16. The van der Waals surface area contributed by atoms with E-state index in [4.69, 9.17) is 0 Å². The van der Waals surface area contributed by atoms with Crippen LogP contribution in [-0.4, -0.2) is 15.0 Å². The van der Waals surface area contributed by atoms with Crippen LogP contribution in [0.15, 0.2) is 28.9 Å². The molecule has 0 spiro atoms. The summed E-state index contributed by atoms with van der Waals surface area (Å²) in [4.78, 5) is 0. The van der Waals surface area contributed by atoms with Gasteiger partial charge in [-0.2, -0.15) is 0 Å². The fraction of sp³-hybridized carbons (Fsp3) is 0.111. The summed E-state index contributed by atoms with van der Waals surface area (Å²) >= 11 is 3.24. The van der Waals surface area contributed by atoms with Gasteiger partial charge in [0.15, 0.2) is 4.60 Å². The number of benzene rings is 1. The van der Waals surface area contributed by atoms with E-state index >= 15 is 0 Å². The normalized spacial score (nSPS) is 10.5. The van der Waals surface area contributed by atoms with Gasteiger partial charge in [0.25, 0.3) is 0 Å². The summed E-state index contributed by atoms with van der Waals surface area (Å²) < 4.78 is 15.2. The Kier molecular flexibility index (Phi) is 2.33. The maximum Gasteiger partial charge on any atom is 0.151 e. The first-order chi connectivity index (χ1) is 6.68. The molecule has 0 saturated heterocycles. The van der Waals surface area contributed by atoms with E-state index in [0.717, 1.165) is 5.69 Å². The standard InChI is InChI=1S/C9H7BrFN3/c1-6-9(10)12-13-14(6)8-4-2-3-7(11)5-8/h2-5H,1H3. The molecule has 14 heavy (non-hydrogen) atoms. The first kappa shape index (κ1) is 9.33. The zero-order chi connectivity index (χ0) is 10.1. The summed E-state index contributed by atoms with van der Waals surface area (Å²) in [5.41, 5.74) is 1.51. The molecule has 0 amide bonds. The van der Waals surface area contributed by atoms with Crippen molar-refractivity contribution in [3.63, 3.8) is 0 Å². The number of rotatable bonds is 1. The third kappa shape index (κ3) is 1.55. The molecule has 2 aromatic rings. The topological polar surface area (TPSA) is 30.7 Å². The van der Waals surface area contributed by atoms with Gasteiger partial charge < -0.3 is 0 Å². The van der Waals surface area contributed by atoms with Gasteiger partial charge in [0.2, 0.25) is 0 Å². The molecule has 1 aromatic heterocycles. The molecule has 0 aliphatic rings. The van der Waals surface area contributed by atoms with Gasteiger partial charge in [0, 0.05) is 0 Å². The minimum Gasteiger partial charge on any atom is -0.217 e. The number of halogens is 2. The summed E-state index contributed by atoms with van der Waals surface area (Å²) in [5.74, 6) is -0.284. The molecular formula is C9H7BrFN3. The molecule has 5 heteroatoms. The van der Waals surface area contributed by atoms with Gasteiger partial charge in [-0.1, -0.05) is 11.3 Å². The molecule has 3 nitrogen and oxygen atoms in total. The molecule has 0 saturated carbocycles. The lowest BCUT2D eigenvalue weighted by atomic mass is 10.3. The van der Waals surface area contributed by atoms with Gasteiger partial charge in [0.1, 0.15) is 5.82 Å². The van der Waals surface area contributed by atoms with E-state index in [9.17, 15) is 4.39 Å². The van der Waals surface area contributed by atoms with E-state index in [2.05, 4.69) is 26.2 Å². The molecule has 72 valence electrons. The minimum atomic E-state index is -0.284. The third-order valence-corrected chi connectivity index (χ3v) is 2.62. The Hall–Kier alpha value is -1.23. The maximum absolute atomic E-state index is 12.9. The first-order valence-corrected chi connectivity index (χ1v) is 4.81. The highest BCUT2D eigenvalue weighted by atomic mass is 79.9. The second-order valence-corrected chi connectivity index (χ2v) is 3.61. The summed E-state index contributed by atoms with van der Waals surface area (Å²) in [5, 5.41) is 7.71. The Balaban J connectivity index is 2.55. The Morgan fingerprint density at radius 2 is 2.21 bits per heavy atom. The molecule has 1 aromatic carbocycles. The molecular weight excluding hydrogens is 249 g/mol. The Labute approximate surface area is 88.7 Å². The fourth-order valence-corrected chi connectivity index (χ4v) is 1.40. The highest BCUT2D eigenvalue weighted by molar-refractivity contribution is 9.10. The van der Waals surface area contributed by atoms with Crippen molar-refractivity contribution >= 4 is 15.9 Å². The van der Waals surface area contributed by atoms with Gasteiger partial charge in [-0.05, 0) is 41.1 Å². The van der Waals surface area contributed by atoms with E-state index in [1.807, 2.05) is 6.92 Å². The predicted molar refractivity (Wildman–Crippen MR) is 53.8 cm³/mol. The largest absolute Gasteiger partial charge is 0.217 e. The molecule has 1 heterocycles. The van der Waals surface area contributed by atoms with Crippen LogP contribution in [-0.2, 0) is 0 Å². The zero-order valence-corrected chi connectivity index (χ0v) is 8.99. The van der Waals surface area contributed by atoms with Crippen molar-refractivity contribution in [3.05, 3.63) is 40.4 Å². The number of aromatic nitrogens is 3. The van der Waals surface area contributed by atoms with Crippen LogP contribution in [0.3, 0.4) is 0 Å². The average Bonchev–Trinajstić information content (AvgIpc) is 2.48. The van der Waals surface area contributed by atoms with Crippen molar-refractivity contribution in [2.24, 2.45) is 0 Å². The Bertz CT molecular complexity index is 467. The van der Waals surface area contributed by atoms with Crippen LogP contribution in [0.25, 0.3) is 5.69 Å². The number of hydrogen-bond acceptors (Lipinski definition) is 2. The van der Waals surface area contributed by atoms with Crippen LogP contribution < -0.4 is 0 Å². The average molecular weight is 256 g/mol. The summed E-state index contributed by atoms with van der Waals surface area (Å²) in [6.45, 7) is 1.86. The summed E-state index contributed by atoms with van der Waals surface area (Å²) in [7, 11) is 0. The monoisotopic (exact) mass is 255 g/mol. The van der Waals surface area contributed by atoms with Gasteiger partial charge >= 0.3 is 0 Å². The second kappa shape index (κ2) is 3.49. The smallest absolute Gasteiger partial charge is 0.151 e. The van der Waals surface area contributed by atoms with Crippen molar-refractivity contribution in [1.82, 2.24) is 15.0 Å². The summed E-state index contributed by atoms with van der Waals surface area (Å²) in [6.07, 6.45) is 0. The molecule has 0 aliphatic carbocycles. The zero-order valence-electron chi connectivity index (χ0n) is 7.41. The summed E-state index contributed by atoms with van der Waals surface area (Å²) in [6, 6.07) is 6.22. The highest BCUT2D eigenvalue weighted by Gasteiger charge is 2.07. The minimum absolute atomic E-state index is 0.284. The SMILES string of the molecule is Cc1c(Br)nnn1-c1cccc(F)c1. The lowest BCUT2D eigenvalue weighted by molar-refractivity contribution is 0.624. The van der Waals surface area contributed by atoms with Crippen LogP contribution >= 0.6 is 15.9 Å². The Morgan fingerprint density at radius 1 is 1.43 bits per heavy atom. The molecule has 2 rings (SSSR count). The van der Waals surface area contributed by atoms with Crippen molar-refractivity contribution in [2.75, 3.05) is 0 Å². The van der Waals surface area contributed by atoms with Gasteiger partial charge in [-0.3, -0.25) is 0 Å². The Morgan fingerprint density at radius 3 is 2.79 bits per heavy atom. The molecule has 0 atom stereocenters. The molecule has 0 aliphatic heterocycles. The fourth-order valence-electron chi connectivity index (χ4n) is 1.16. The lowest BCUT2D eigenvalue weighted by Gasteiger charge is -2.01. The predicted octanol–water partition coefficient (Wildman–Crippen LogP) is 2.48. The first-order valence-electron chi connectivity index (χ1n) is 4.02. The van der Waals surface area contributed by atoms with Crippen molar-refractivity contribution in [3.8, 4) is 5.69 Å². The quantitative estimate of drug-likeness (QED) is 0.784. The van der Waals surface area contributed by atoms with Crippen LogP contribution in [0.5, 0.6) is 0 Å². The molecule has 0 fully saturated rings. The van der Waals surface area contributed by atoms with E-state index in [-0.39, 0.29) is 5.82 Å². The van der Waals surface area contributed by atoms with E-state index in [1.165, 1.54) is 12.1 Å². The molecule has 0 unspecified atom stereocenters. The van der Waals surface area contributed by atoms with Crippen molar-refractivity contribution < 1.29 is 4.39 Å². The van der Waals surface area contributed by atoms with Crippen LogP contribution in [0, 0.1) is 12.7 Å². The maximum atomic E-state index is 12.9. The van der Waals surface area contributed by atoms with Gasteiger partial charge in [-0.15, -0.1) is 5.10 Å². The second-order valence-electron chi connectivity index (χ2n) is 2.86. The lowest BCUT2D eigenvalue weighted by Crippen LogP contribution is -1.99. The third-order valence-electron chi connectivity index (χ3n) is 1.89. The number of nitrogens with zero attached hydrogens (tertiary/aromatic N) is 3. The van der Waals surface area contributed by atoms with Crippen LogP contribution in [0.4, 0.5) is 4.39 Å². The molecule has 0 N–H and O–H groups in total. The molecule has 0 bridgehead atoms. The number of hydrogen-bond donors (Lipinski definition) is 0. The van der Waals surface area contributed by atoms with Crippen LogP contribution in [0.1, 0.15) is 5.69 Å². The van der Waals surface area contributed by atoms with Gasteiger partial charge in [-0.25, -0.2) is 9.07 Å². The van der Waals surface area contributed by atoms with E-state index in [1.54, 1.807) is 16.8 Å². The molecule has 0 radical (unpaired) electrons. The van der Waals surface area contributed by atoms with Crippen LogP contribution in [0.2, 0.25) is 0 Å². The van der Waals surface area contributed by atoms with Gasteiger partial charge in [0.05, 0.1) is 11.4 Å².